The van der Waals surface area contributed by atoms with Crippen molar-refractivity contribution < 1.29 is 9.53 Å². The van der Waals surface area contributed by atoms with Crippen molar-refractivity contribution in [3.8, 4) is 11.4 Å². The van der Waals surface area contributed by atoms with Gasteiger partial charge in [-0.1, -0.05) is 30.0 Å². The van der Waals surface area contributed by atoms with Crippen LogP contribution >= 0.6 is 11.8 Å². The maximum Gasteiger partial charge on any atom is 0.358 e. The lowest BCUT2D eigenvalue weighted by Gasteiger charge is -2.07. The number of nitrogens with one attached hydrogen (secondary N) is 1. The molecule has 4 rings (SSSR count). The number of carbonyl (C=O) groups excluding carboxylic acids is 1. The Kier molecular flexibility index (Phi) is 5.71. The molecule has 160 valence electrons. The number of aromatic nitrogens is 8. The summed E-state index contributed by atoms with van der Waals surface area (Å²) < 4.78 is 9.71. The number of rotatable bonds is 7. The van der Waals surface area contributed by atoms with Gasteiger partial charge in [0.1, 0.15) is 0 Å². The Morgan fingerprint density at radius 1 is 1.26 bits per heavy atom. The average Bonchev–Trinajstić information content (AvgIpc) is 3.47. The van der Waals surface area contributed by atoms with E-state index in [1.165, 1.54) is 16.4 Å². The van der Waals surface area contributed by atoms with Crippen molar-refractivity contribution in [1.29, 1.82) is 0 Å². The maximum atomic E-state index is 13.2. The third kappa shape index (κ3) is 3.89. The van der Waals surface area contributed by atoms with Crippen LogP contribution in [0.5, 0.6) is 0 Å². The zero-order valence-electron chi connectivity index (χ0n) is 17.1. The Morgan fingerprint density at radius 3 is 2.77 bits per heavy atom. The molecule has 31 heavy (non-hydrogen) atoms. The molecule has 0 atom stereocenters. The summed E-state index contributed by atoms with van der Waals surface area (Å²) in [5, 5.41) is 19.0. The van der Waals surface area contributed by atoms with Crippen molar-refractivity contribution in [3.63, 3.8) is 0 Å². The summed E-state index contributed by atoms with van der Waals surface area (Å²) in [4.78, 5) is 25.0. The van der Waals surface area contributed by atoms with E-state index in [1.807, 2.05) is 44.3 Å². The zero-order chi connectivity index (χ0) is 22.0. The van der Waals surface area contributed by atoms with Crippen LogP contribution in [0.4, 0.5) is 0 Å². The lowest BCUT2D eigenvalue weighted by atomic mass is 10.3. The highest BCUT2D eigenvalue weighted by Gasteiger charge is 2.22. The van der Waals surface area contributed by atoms with Crippen molar-refractivity contribution in [2.45, 2.75) is 24.8 Å². The number of para-hydroxylation sites is 1. The molecule has 0 saturated carbocycles. The molecular weight excluding hydrogens is 420 g/mol. The number of nitrogens with zero attached hydrogens (tertiary/aromatic N) is 7. The van der Waals surface area contributed by atoms with E-state index in [-0.39, 0.29) is 17.9 Å². The first-order valence-electron chi connectivity index (χ1n) is 9.48. The van der Waals surface area contributed by atoms with Gasteiger partial charge in [-0.25, -0.2) is 9.48 Å². The van der Waals surface area contributed by atoms with E-state index in [2.05, 4.69) is 25.7 Å². The van der Waals surface area contributed by atoms with E-state index in [1.54, 1.807) is 22.4 Å². The number of hydrogen-bond acceptors (Lipinski definition) is 8. The Balaban J connectivity index is 1.61. The molecule has 0 fully saturated rings. The molecule has 0 unspecified atom stereocenters. The van der Waals surface area contributed by atoms with Gasteiger partial charge in [-0.2, -0.15) is 9.78 Å². The lowest BCUT2D eigenvalue weighted by Crippen LogP contribution is -2.22. The second-order valence-electron chi connectivity index (χ2n) is 6.57. The largest absolute Gasteiger partial charge is 0.461 e. The predicted octanol–water partition coefficient (Wildman–Crippen LogP) is 1.65. The van der Waals surface area contributed by atoms with Gasteiger partial charge in [0.2, 0.25) is 5.16 Å². The van der Waals surface area contributed by atoms with Crippen LogP contribution in [-0.2, 0) is 17.5 Å². The van der Waals surface area contributed by atoms with Crippen LogP contribution in [-0.4, -0.2) is 52.3 Å². The molecule has 11 nitrogen and oxygen atoms in total. The Labute approximate surface area is 181 Å². The summed E-state index contributed by atoms with van der Waals surface area (Å²) in [5.41, 5.74) is 2.52. The van der Waals surface area contributed by atoms with Gasteiger partial charge in [-0.15, -0.1) is 5.10 Å². The van der Waals surface area contributed by atoms with Crippen LogP contribution in [0.25, 0.3) is 11.4 Å². The molecule has 1 aromatic carbocycles. The quantitative estimate of drug-likeness (QED) is 0.340. The fraction of sp³-hybridized carbons (Fsp3) is 0.263. The van der Waals surface area contributed by atoms with Gasteiger partial charge in [0.05, 0.1) is 18.0 Å². The number of esters is 1. The van der Waals surface area contributed by atoms with Crippen LogP contribution in [0.3, 0.4) is 0 Å². The molecule has 0 amide bonds. The SMILES string of the molecule is CCOC(=O)c1cc(CSc2nnnn2-c2c(C)n(C)n(-c3ccccc3)c2=O)[nH]n1. The Morgan fingerprint density at radius 2 is 2.03 bits per heavy atom. The second-order valence-corrected chi connectivity index (χ2v) is 7.51. The van der Waals surface area contributed by atoms with Crippen molar-refractivity contribution in [2.75, 3.05) is 6.61 Å². The monoisotopic (exact) mass is 440 g/mol. The third-order valence-electron chi connectivity index (χ3n) is 4.65. The van der Waals surface area contributed by atoms with Crippen LogP contribution in [0.1, 0.15) is 28.8 Å². The van der Waals surface area contributed by atoms with Crippen molar-refractivity contribution in [1.82, 2.24) is 39.8 Å². The number of carbonyl (C=O) groups is 1. The normalized spacial score (nSPS) is 11.1. The summed E-state index contributed by atoms with van der Waals surface area (Å²) in [5.74, 6) is -0.0628. The van der Waals surface area contributed by atoms with E-state index in [9.17, 15) is 9.59 Å². The van der Waals surface area contributed by atoms with Crippen LogP contribution < -0.4 is 5.56 Å². The lowest BCUT2D eigenvalue weighted by molar-refractivity contribution is 0.0519. The highest BCUT2D eigenvalue weighted by molar-refractivity contribution is 7.98. The average molecular weight is 440 g/mol. The third-order valence-corrected chi connectivity index (χ3v) is 5.62. The summed E-state index contributed by atoms with van der Waals surface area (Å²) in [6.07, 6.45) is 0. The fourth-order valence-corrected chi connectivity index (χ4v) is 3.87. The number of H-pyrrole nitrogens is 1. The number of ether oxygens (including phenoxy) is 1. The van der Waals surface area contributed by atoms with Crippen molar-refractivity contribution in [2.24, 2.45) is 7.05 Å². The molecule has 1 N–H and O–H groups in total. The first-order chi connectivity index (χ1) is 15.0. The molecule has 0 aliphatic rings. The predicted molar refractivity (Wildman–Crippen MR) is 113 cm³/mol. The molecule has 0 aliphatic heterocycles. The number of hydrogen-bond donors (Lipinski definition) is 1. The first kappa shape index (κ1) is 20.6. The number of benzene rings is 1. The molecule has 0 radical (unpaired) electrons. The van der Waals surface area contributed by atoms with E-state index >= 15 is 0 Å². The fourth-order valence-electron chi connectivity index (χ4n) is 3.09. The highest BCUT2D eigenvalue weighted by atomic mass is 32.2. The van der Waals surface area contributed by atoms with Gasteiger partial charge in [0, 0.05) is 18.5 Å². The topological polar surface area (TPSA) is 126 Å². The van der Waals surface area contributed by atoms with Crippen molar-refractivity contribution in [3.05, 3.63) is 63.8 Å². The van der Waals surface area contributed by atoms with E-state index < -0.39 is 5.97 Å². The zero-order valence-corrected chi connectivity index (χ0v) is 18.0. The van der Waals surface area contributed by atoms with Gasteiger partial charge in [-0.05, 0) is 42.5 Å². The van der Waals surface area contributed by atoms with Gasteiger partial charge < -0.3 is 4.74 Å². The van der Waals surface area contributed by atoms with Gasteiger partial charge in [0.15, 0.2) is 11.4 Å². The minimum absolute atomic E-state index is 0.210. The number of tetrazole rings is 1. The summed E-state index contributed by atoms with van der Waals surface area (Å²) in [7, 11) is 1.81. The summed E-state index contributed by atoms with van der Waals surface area (Å²) in [6.45, 7) is 3.85. The maximum absolute atomic E-state index is 13.2. The number of thioether (sulfide) groups is 1. The highest BCUT2D eigenvalue weighted by Crippen LogP contribution is 2.23. The van der Waals surface area contributed by atoms with E-state index in [0.717, 1.165) is 5.69 Å². The molecule has 12 heteroatoms. The summed E-state index contributed by atoms with van der Waals surface area (Å²) >= 11 is 1.31. The molecule has 0 bridgehead atoms. The molecule has 3 heterocycles. The molecule has 3 aromatic heterocycles. The molecule has 0 spiro atoms. The minimum Gasteiger partial charge on any atom is -0.461 e. The first-order valence-corrected chi connectivity index (χ1v) is 10.5. The molecule has 4 aromatic rings. The number of aromatic amines is 1. The van der Waals surface area contributed by atoms with Crippen molar-refractivity contribution >= 4 is 17.7 Å². The van der Waals surface area contributed by atoms with Crippen LogP contribution in [0, 0.1) is 6.92 Å². The molecular formula is C19H20N8O3S. The van der Waals surface area contributed by atoms with Gasteiger partial charge in [-0.3, -0.25) is 14.6 Å². The standard InChI is InChI=1S/C19H20N8O3S/c1-4-30-18(29)15-10-13(20-21-15)11-31-19-22-23-24-26(19)16-12(2)25(3)27(17(16)28)14-8-6-5-7-9-14/h5-10H,4,11H2,1-3H3,(H,20,21). The summed E-state index contributed by atoms with van der Waals surface area (Å²) in [6, 6.07) is 11.0. The van der Waals surface area contributed by atoms with E-state index in [0.29, 0.717) is 28.0 Å². The van der Waals surface area contributed by atoms with Gasteiger partial charge in [0.25, 0.3) is 5.56 Å². The van der Waals surface area contributed by atoms with Crippen LogP contribution in [0.15, 0.2) is 46.3 Å². The Bertz CT molecular complexity index is 1270. The molecule has 0 saturated heterocycles. The van der Waals surface area contributed by atoms with E-state index in [4.69, 9.17) is 4.74 Å². The van der Waals surface area contributed by atoms with Crippen LogP contribution in [0.2, 0.25) is 0 Å². The molecule has 0 aliphatic carbocycles. The minimum atomic E-state index is -0.485. The van der Waals surface area contributed by atoms with Gasteiger partial charge >= 0.3 is 5.97 Å². The Hall–Kier alpha value is -3.67. The second kappa shape index (κ2) is 8.60. The smallest absolute Gasteiger partial charge is 0.358 e.